The molecule has 0 saturated carbocycles. The highest BCUT2D eigenvalue weighted by Crippen LogP contribution is 2.28. The molecule has 1 amide bonds. The molecule has 0 atom stereocenters. The number of fused-ring (bicyclic) bond motifs is 1. The number of aryl methyl sites for hydroxylation is 1. The Labute approximate surface area is 174 Å². The predicted octanol–water partition coefficient (Wildman–Crippen LogP) is 2.64. The summed E-state index contributed by atoms with van der Waals surface area (Å²) < 4.78 is 10.5. The zero-order chi connectivity index (χ0) is 20.4. The summed E-state index contributed by atoms with van der Waals surface area (Å²) in [5, 5.41) is 1.00. The fraction of sp³-hybridized carbons (Fsp3) is 0.476. The van der Waals surface area contributed by atoms with Gasteiger partial charge in [-0.2, -0.15) is 0 Å². The van der Waals surface area contributed by atoms with E-state index in [1.165, 1.54) is 11.3 Å². The highest BCUT2D eigenvalue weighted by atomic mass is 32.1. The molecule has 2 aromatic rings. The van der Waals surface area contributed by atoms with Gasteiger partial charge in [0.15, 0.2) is 5.78 Å². The number of hydrogen-bond acceptors (Lipinski definition) is 7. The molecule has 1 aliphatic heterocycles. The Morgan fingerprint density at radius 1 is 1.07 bits per heavy atom. The van der Waals surface area contributed by atoms with E-state index in [2.05, 4.69) is 9.88 Å². The number of amides is 1. The molecule has 1 fully saturated rings. The molecule has 1 saturated heterocycles. The monoisotopic (exact) mass is 415 g/mol. The topological polar surface area (TPSA) is 72.0 Å². The molecule has 4 rings (SSSR count). The molecule has 0 bridgehead atoms. The van der Waals surface area contributed by atoms with E-state index in [4.69, 9.17) is 9.47 Å². The van der Waals surface area contributed by atoms with Crippen LogP contribution in [0.15, 0.2) is 18.2 Å². The molecule has 8 heteroatoms. The fourth-order valence-electron chi connectivity index (χ4n) is 3.80. The van der Waals surface area contributed by atoms with Crippen LogP contribution >= 0.6 is 11.3 Å². The summed E-state index contributed by atoms with van der Waals surface area (Å²) in [7, 11) is 3.15. The van der Waals surface area contributed by atoms with Crippen LogP contribution in [0.4, 0.5) is 0 Å². The van der Waals surface area contributed by atoms with Crippen molar-refractivity contribution in [2.45, 2.75) is 25.8 Å². The van der Waals surface area contributed by atoms with E-state index in [0.29, 0.717) is 36.6 Å². The third-order valence-electron chi connectivity index (χ3n) is 5.43. The maximum absolute atomic E-state index is 12.9. The van der Waals surface area contributed by atoms with Crippen molar-refractivity contribution in [1.29, 1.82) is 0 Å². The van der Waals surface area contributed by atoms with Crippen molar-refractivity contribution in [1.82, 2.24) is 14.8 Å². The molecule has 0 N–H and O–H groups in total. The van der Waals surface area contributed by atoms with Gasteiger partial charge in [-0.1, -0.05) is 0 Å². The van der Waals surface area contributed by atoms with Crippen LogP contribution in [-0.4, -0.2) is 66.9 Å². The predicted molar refractivity (Wildman–Crippen MR) is 110 cm³/mol. The SMILES string of the molecule is COc1cc(OC)cc(C(=O)N2CCN(Cc3nc4c(s3)C(=O)CCC4)CC2)c1. The first kappa shape index (κ1) is 19.8. The second-order valence-electron chi connectivity index (χ2n) is 7.33. The summed E-state index contributed by atoms with van der Waals surface area (Å²) in [5.41, 5.74) is 1.54. The highest BCUT2D eigenvalue weighted by Gasteiger charge is 2.26. The Balaban J connectivity index is 1.37. The third-order valence-corrected chi connectivity index (χ3v) is 6.55. The lowest BCUT2D eigenvalue weighted by Gasteiger charge is -2.34. The number of thiazole rings is 1. The lowest BCUT2D eigenvalue weighted by molar-refractivity contribution is 0.0627. The molecule has 0 unspecified atom stereocenters. The summed E-state index contributed by atoms with van der Waals surface area (Å²) in [6.07, 6.45) is 2.46. The van der Waals surface area contributed by atoms with Gasteiger partial charge in [-0.05, 0) is 25.0 Å². The van der Waals surface area contributed by atoms with Gasteiger partial charge in [-0.3, -0.25) is 14.5 Å². The number of carbonyl (C=O) groups excluding carboxylic acids is 2. The van der Waals surface area contributed by atoms with Crippen LogP contribution in [0, 0.1) is 0 Å². The molecule has 154 valence electrons. The van der Waals surface area contributed by atoms with Gasteiger partial charge in [0.05, 0.1) is 31.3 Å². The second kappa shape index (κ2) is 8.51. The number of piperazine rings is 1. The number of hydrogen-bond donors (Lipinski definition) is 0. The Hall–Kier alpha value is -2.45. The smallest absolute Gasteiger partial charge is 0.254 e. The number of ether oxygens (including phenoxy) is 2. The minimum Gasteiger partial charge on any atom is -0.497 e. The minimum absolute atomic E-state index is 0.0165. The van der Waals surface area contributed by atoms with Crippen molar-refractivity contribution < 1.29 is 19.1 Å². The van der Waals surface area contributed by atoms with Gasteiger partial charge in [0.1, 0.15) is 16.5 Å². The van der Waals surface area contributed by atoms with Crippen molar-refractivity contribution in [2.24, 2.45) is 0 Å². The molecule has 7 nitrogen and oxygen atoms in total. The number of nitrogens with zero attached hydrogens (tertiary/aromatic N) is 3. The fourth-order valence-corrected chi connectivity index (χ4v) is 4.92. The summed E-state index contributed by atoms with van der Waals surface area (Å²) in [5.74, 6) is 1.43. The van der Waals surface area contributed by atoms with Crippen molar-refractivity contribution in [2.75, 3.05) is 40.4 Å². The van der Waals surface area contributed by atoms with E-state index in [-0.39, 0.29) is 11.7 Å². The zero-order valence-corrected chi connectivity index (χ0v) is 17.6. The molecule has 1 aliphatic carbocycles. The Morgan fingerprint density at radius 3 is 2.38 bits per heavy atom. The van der Waals surface area contributed by atoms with Gasteiger partial charge in [-0.15, -0.1) is 11.3 Å². The van der Waals surface area contributed by atoms with E-state index < -0.39 is 0 Å². The summed E-state index contributed by atoms with van der Waals surface area (Å²) in [4.78, 5) is 34.6. The third kappa shape index (κ3) is 4.28. The number of aromatic nitrogens is 1. The van der Waals surface area contributed by atoms with Gasteiger partial charge in [0.2, 0.25) is 0 Å². The van der Waals surface area contributed by atoms with Gasteiger partial charge in [0.25, 0.3) is 5.91 Å². The number of methoxy groups -OCH3 is 2. The molecular weight excluding hydrogens is 390 g/mol. The molecule has 2 heterocycles. The maximum Gasteiger partial charge on any atom is 0.254 e. The number of Topliss-reactive ketones (excluding diaryl/α,β-unsaturated/α-hetero) is 1. The number of rotatable bonds is 5. The summed E-state index contributed by atoms with van der Waals surface area (Å²) in [6.45, 7) is 3.61. The van der Waals surface area contributed by atoms with Crippen LogP contribution in [0.3, 0.4) is 0 Å². The maximum atomic E-state index is 12.9. The van der Waals surface area contributed by atoms with Gasteiger partial charge in [-0.25, -0.2) is 4.98 Å². The van der Waals surface area contributed by atoms with Gasteiger partial charge >= 0.3 is 0 Å². The number of ketones is 1. The van der Waals surface area contributed by atoms with E-state index in [1.807, 2.05) is 4.90 Å². The van der Waals surface area contributed by atoms with Crippen LogP contribution in [0.5, 0.6) is 11.5 Å². The van der Waals surface area contributed by atoms with E-state index >= 15 is 0 Å². The summed E-state index contributed by atoms with van der Waals surface area (Å²) >= 11 is 1.54. The lowest BCUT2D eigenvalue weighted by atomic mass is 10.0. The van der Waals surface area contributed by atoms with Crippen LogP contribution in [0.2, 0.25) is 0 Å². The first-order valence-corrected chi connectivity index (χ1v) is 10.7. The van der Waals surface area contributed by atoms with Gasteiger partial charge < -0.3 is 14.4 Å². The summed E-state index contributed by atoms with van der Waals surface area (Å²) in [6, 6.07) is 5.25. The first-order valence-electron chi connectivity index (χ1n) is 9.84. The number of carbonyl (C=O) groups is 2. The lowest BCUT2D eigenvalue weighted by Crippen LogP contribution is -2.48. The van der Waals surface area contributed by atoms with E-state index in [1.54, 1.807) is 32.4 Å². The molecule has 2 aliphatic rings. The van der Waals surface area contributed by atoms with E-state index in [0.717, 1.165) is 48.1 Å². The molecule has 0 radical (unpaired) electrons. The van der Waals surface area contributed by atoms with Crippen molar-refractivity contribution in [3.05, 3.63) is 39.3 Å². The normalized spacial score (nSPS) is 17.2. The van der Waals surface area contributed by atoms with Crippen LogP contribution in [-0.2, 0) is 13.0 Å². The Morgan fingerprint density at radius 2 is 1.76 bits per heavy atom. The van der Waals surface area contributed by atoms with E-state index in [9.17, 15) is 9.59 Å². The van der Waals surface area contributed by atoms with Crippen molar-refractivity contribution >= 4 is 23.0 Å². The van der Waals surface area contributed by atoms with Gasteiger partial charge in [0, 0.05) is 44.2 Å². The van der Waals surface area contributed by atoms with Crippen molar-refractivity contribution in [3.63, 3.8) is 0 Å². The van der Waals surface area contributed by atoms with Crippen LogP contribution in [0.1, 0.15) is 43.6 Å². The average Bonchev–Trinajstić information content (AvgIpc) is 3.17. The van der Waals surface area contributed by atoms with Crippen LogP contribution < -0.4 is 9.47 Å². The van der Waals surface area contributed by atoms with Crippen LogP contribution in [0.25, 0.3) is 0 Å². The highest BCUT2D eigenvalue weighted by molar-refractivity contribution is 7.13. The molecule has 0 spiro atoms. The van der Waals surface area contributed by atoms with Crippen molar-refractivity contribution in [3.8, 4) is 11.5 Å². The Kier molecular flexibility index (Phi) is 5.82. The number of benzene rings is 1. The molecule has 1 aromatic carbocycles. The zero-order valence-electron chi connectivity index (χ0n) is 16.8. The minimum atomic E-state index is -0.0165. The first-order chi connectivity index (χ1) is 14.1. The largest absolute Gasteiger partial charge is 0.497 e. The average molecular weight is 416 g/mol. The molecule has 29 heavy (non-hydrogen) atoms. The quantitative estimate of drug-likeness (QED) is 0.748. The second-order valence-corrected chi connectivity index (χ2v) is 8.41. The molecule has 1 aromatic heterocycles. The Bertz CT molecular complexity index is 896. The standard InChI is InChI=1S/C21H25N3O4S/c1-27-15-10-14(11-16(12-15)28-2)21(26)24-8-6-23(7-9-24)13-19-22-17-4-3-5-18(25)20(17)29-19/h10-12H,3-9,13H2,1-2H3. The molecular formula is C21H25N3O4S.